The van der Waals surface area contributed by atoms with Crippen molar-refractivity contribution in [2.45, 2.75) is 6.42 Å². The molecule has 0 bridgehead atoms. The molecule has 19 heavy (non-hydrogen) atoms. The van der Waals surface area contributed by atoms with Crippen LogP contribution < -0.4 is 9.47 Å². The van der Waals surface area contributed by atoms with E-state index in [-0.39, 0.29) is 5.75 Å². The number of para-hydroxylation sites is 1. The van der Waals surface area contributed by atoms with Gasteiger partial charge in [-0.05, 0) is 24.3 Å². The van der Waals surface area contributed by atoms with E-state index in [0.717, 1.165) is 6.29 Å². The molecule has 104 valence electrons. The van der Waals surface area contributed by atoms with Gasteiger partial charge in [0.25, 0.3) is 0 Å². The van der Waals surface area contributed by atoms with Crippen LogP contribution in [0.25, 0.3) is 0 Å². The van der Waals surface area contributed by atoms with Crippen LogP contribution >= 0.6 is 11.8 Å². The topological polar surface area (TPSA) is 72.8 Å². The van der Waals surface area contributed by atoms with E-state index in [2.05, 4.69) is 0 Å². The second-order valence-corrected chi connectivity index (χ2v) is 4.75. The summed E-state index contributed by atoms with van der Waals surface area (Å²) in [5, 5.41) is 8.48. The maximum absolute atomic E-state index is 10.9. The first-order chi connectivity index (χ1) is 9.19. The molecule has 0 heterocycles. The fourth-order valence-electron chi connectivity index (χ4n) is 1.44. The number of aliphatic carboxylic acids is 1. The van der Waals surface area contributed by atoms with E-state index in [1.165, 1.54) is 18.9 Å². The number of benzene rings is 1. The number of ether oxygens (including phenoxy) is 2. The highest BCUT2D eigenvalue weighted by Crippen LogP contribution is 2.30. The van der Waals surface area contributed by atoms with Crippen LogP contribution in [0.5, 0.6) is 11.5 Å². The number of hydrogen-bond donors (Lipinski definition) is 1. The summed E-state index contributed by atoms with van der Waals surface area (Å²) in [7, 11) is 1.51. The molecule has 0 aliphatic rings. The van der Waals surface area contributed by atoms with Crippen LogP contribution in [0.1, 0.15) is 16.8 Å². The molecule has 0 saturated carbocycles. The smallest absolute Gasteiger partial charge is 0.313 e. The molecule has 0 unspecified atom stereocenters. The van der Waals surface area contributed by atoms with Crippen LogP contribution in [0, 0.1) is 0 Å². The third-order valence-electron chi connectivity index (χ3n) is 2.26. The van der Waals surface area contributed by atoms with E-state index >= 15 is 0 Å². The van der Waals surface area contributed by atoms with Gasteiger partial charge in [0.2, 0.25) is 0 Å². The van der Waals surface area contributed by atoms with Crippen molar-refractivity contribution in [2.24, 2.45) is 0 Å². The first kappa shape index (κ1) is 15.4. The Hall–Kier alpha value is -1.69. The summed E-state index contributed by atoms with van der Waals surface area (Å²) in [5.41, 5.74) is 0.442. The molecule has 0 amide bonds. The number of thioether (sulfide) groups is 1. The Morgan fingerprint density at radius 3 is 2.89 bits per heavy atom. The van der Waals surface area contributed by atoms with Crippen molar-refractivity contribution in [3.63, 3.8) is 0 Å². The largest absolute Gasteiger partial charge is 0.493 e. The minimum absolute atomic E-state index is 0.0915. The van der Waals surface area contributed by atoms with Crippen LogP contribution in [0.2, 0.25) is 0 Å². The predicted molar refractivity (Wildman–Crippen MR) is 73.5 cm³/mol. The molecule has 0 aliphatic heterocycles. The molecule has 1 rings (SSSR count). The van der Waals surface area contributed by atoms with Gasteiger partial charge in [-0.3, -0.25) is 9.59 Å². The predicted octanol–water partition coefficient (Wildman–Crippen LogP) is 2.09. The van der Waals surface area contributed by atoms with Gasteiger partial charge in [0.15, 0.2) is 17.8 Å². The molecular formula is C13H16O5S. The summed E-state index contributed by atoms with van der Waals surface area (Å²) in [6.07, 6.45) is 1.42. The summed E-state index contributed by atoms with van der Waals surface area (Å²) in [6.45, 7) is 0.411. The maximum Gasteiger partial charge on any atom is 0.313 e. The van der Waals surface area contributed by atoms with Crippen molar-refractivity contribution in [2.75, 3.05) is 25.2 Å². The van der Waals surface area contributed by atoms with Gasteiger partial charge in [-0.25, -0.2) is 0 Å². The second kappa shape index (κ2) is 8.42. The van der Waals surface area contributed by atoms with Crippen LogP contribution in [-0.4, -0.2) is 42.6 Å². The van der Waals surface area contributed by atoms with Crippen molar-refractivity contribution in [3.8, 4) is 11.5 Å². The molecule has 1 aromatic carbocycles. The summed E-state index contributed by atoms with van der Waals surface area (Å²) >= 11 is 1.34. The highest BCUT2D eigenvalue weighted by Gasteiger charge is 2.09. The first-order valence-electron chi connectivity index (χ1n) is 5.73. The average Bonchev–Trinajstić information content (AvgIpc) is 2.42. The summed E-state index contributed by atoms with van der Waals surface area (Å²) in [4.78, 5) is 21.2. The Labute approximate surface area is 115 Å². The molecule has 0 atom stereocenters. The molecule has 5 nitrogen and oxygen atoms in total. The summed E-state index contributed by atoms with van der Waals surface area (Å²) in [5.74, 6) is 0.913. The Morgan fingerprint density at radius 2 is 2.26 bits per heavy atom. The molecule has 1 aromatic rings. The molecule has 0 radical (unpaired) electrons. The van der Waals surface area contributed by atoms with Gasteiger partial charge in [0.05, 0.1) is 25.0 Å². The van der Waals surface area contributed by atoms with Crippen LogP contribution in [0.15, 0.2) is 18.2 Å². The van der Waals surface area contributed by atoms with E-state index in [1.807, 2.05) is 0 Å². The quantitative estimate of drug-likeness (QED) is 0.553. The molecule has 0 spiro atoms. The van der Waals surface area contributed by atoms with Crippen molar-refractivity contribution in [1.82, 2.24) is 0 Å². The van der Waals surface area contributed by atoms with E-state index in [4.69, 9.17) is 14.6 Å². The minimum Gasteiger partial charge on any atom is -0.493 e. The molecule has 6 heteroatoms. The summed E-state index contributed by atoms with van der Waals surface area (Å²) < 4.78 is 10.7. The zero-order valence-electron chi connectivity index (χ0n) is 10.6. The SMILES string of the molecule is COc1cccc(C=O)c1OCCCSCC(=O)O. The van der Waals surface area contributed by atoms with Gasteiger partial charge in [0, 0.05) is 0 Å². The van der Waals surface area contributed by atoms with Crippen molar-refractivity contribution in [1.29, 1.82) is 0 Å². The van der Waals surface area contributed by atoms with Crippen molar-refractivity contribution >= 4 is 24.0 Å². The van der Waals surface area contributed by atoms with Gasteiger partial charge in [-0.2, -0.15) is 11.8 Å². The van der Waals surface area contributed by atoms with E-state index in [1.54, 1.807) is 18.2 Å². The zero-order chi connectivity index (χ0) is 14.1. The molecule has 0 fully saturated rings. The number of methoxy groups -OCH3 is 1. The van der Waals surface area contributed by atoms with E-state index in [9.17, 15) is 9.59 Å². The van der Waals surface area contributed by atoms with E-state index in [0.29, 0.717) is 35.8 Å². The normalized spacial score (nSPS) is 9.95. The minimum atomic E-state index is -0.820. The number of carbonyl (C=O) groups excluding carboxylic acids is 1. The highest BCUT2D eigenvalue weighted by atomic mass is 32.2. The van der Waals surface area contributed by atoms with Crippen LogP contribution in [0.4, 0.5) is 0 Å². The van der Waals surface area contributed by atoms with Gasteiger partial charge in [-0.1, -0.05) is 6.07 Å². The lowest BCUT2D eigenvalue weighted by molar-refractivity contribution is -0.133. The van der Waals surface area contributed by atoms with Gasteiger partial charge < -0.3 is 14.6 Å². The maximum atomic E-state index is 10.9. The lowest BCUT2D eigenvalue weighted by atomic mass is 10.2. The Bertz CT molecular complexity index is 433. The second-order valence-electron chi connectivity index (χ2n) is 3.64. The summed E-state index contributed by atoms with van der Waals surface area (Å²) in [6, 6.07) is 5.10. The molecule has 0 saturated heterocycles. The standard InChI is InChI=1S/C13H16O5S/c1-17-11-5-2-4-10(8-14)13(11)18-6-3-7-19-9-12(15)16/h2,4-5,8H,3,6-7,9H2,1H3,(H,15,16). The Balaban J connectivity index is 2.44. The Morgan fingerprint density at radius 1 is 1.47 bits per heavy atom. The van der Waals surface area contributed by atoms with E-state index < -0.39 is 5.97 Å². The zero-order valence-corrected chi connectivity index (χ0v) is 11.4. The van der Waals surface area contributed by atoms with Crippen molar-refractivity contribution < 1.29 is 24.2 Å². The number of carbonyl (C=O) groups is 2. The van der Waals surface area contributed by atoms with Gasteiger partial charge in [0.1, 0.15) is 0 Å². The first-order valence-corrected chi connectivity index (χ1v) is 6.89. The molecule has 1 N–H and O–H groups in total. The number of aldehydes is 1. The number of carboxylic acid groups (broad SMARTS) is 1. The van der Waals surface area contributed by atoms with Crippen LogP contribution in [-0.2, 0) is 4.79 Å². The van der Waals surface area contributed by atoms with Crippen LogP contribution in [0.3, 0.4) is 0 Å². The number of hydrogen-bond acceptors (Lipinski definition) is 5. The van der Waals surface area contributed by atoms with Gasteiger partial charge >= 0.3 is 5.97 Å². The molecular weight excluding hydrogens is 268 g/mol. The Kier molecular flexibility index (Phi) is 6.81. The number of rotatable bonds is 9. The average molecular weight is 284 g/mol. The highest BCUT2D eigenvalue weighted by molar-refractivity contribution is 7.99. The third kappa shape index (κ3) is 5.21. The fourth-order valence-corrected chi connectivity index (χ4v) is 2.08. The monoisotopic (exact) mass is 284 g/mol. The molecule has 0 aliphatic carbocycles. The lowest BCUT2D eigenvalue weighted by Crippen LogP contribution is -2.04. The number of carboxylic acids is 1. The van der Waals surface area contributed by atoms with Crippen molar-refractivity contribution in [3.05, 3.63) is 23.8 Å². The fraction of sp³-hybridized carbons (Fsp3) is 0.385. The third-order valence-corrected chi connectivity index (χ3v) is 3.29. The molecule has 0 aromatic heterocycles. The lowest BCUT2D eigenvalue weighted by Gasteiger charge is -2.12. The van der Waals surface area contributed by atoms with Gasteiger partial charge in [-0.15, -0.1) is 0 Å².